The number of imide groups is 1. The maximum Gasteiger partial charge on any atom is 0.335 e. The number of carboxylic acid groups (broad SMARTS) is 2. The van der Waals surface area contributed by atoms with Gasteiger partial charge in [-0.15, -0.1) is 18.3 Å². The molecule has 14 atom stereocenters. The van der Waals surface area contributed by atoms with Crippen molar-refractivity contribution in [2.45, 2.75) is 119 Å². The molecule has 0 aliphatic carbocycles. The predicted octanol–water partition coefficient (Wildman–Crippen LogP) is -2.78. The van der Waals surface area contributed by atoms with Crippen molar-refractivity contribution < 1.29 is 108 Å². The van der Waals surface area contributed by atoms with Gasteiger partial charge in [0.2, 0.25) is 17.7 Å². The van der Waals surface area contributed by atoms with E-state index in [4.69, 9.17) is 48.9 Å². The smallest absolute Gasteiger partial charge is 0.335 e. The average molecular weight is 963 g/mol. The third-order valence-electron chi connectivity index (χ3n) is 11.6. The molecule has 1 aromatic rings. The SMILES string of the molecule is C=C[C@@H]1O[C@H](C=C)[C@@H]2C(=O)N(CCCCCN(Cc3cn(CCOCCO[C@@H]4OC(C(=O)O)[C@@H](O[C@H]5OC(COOO)[C@@H](O)[C@H](OOO)C5NC)[C@H](O)C4O)nn3)C(=O)CCC(=O)O)C(=O)[C@@H]21. The summed E-state index contributed by atoms with van der Waals surface area (Å²) in [6, 6.07) is -1.20. The van der Waals surface area contributed by atoms with Crippen LogP contribution in [0.2, 0.25) is 0 Å². The lowest BCUT2D eigenvalue weighted by Crippen LogP contribution is -2.67. The Balaban J connectivity index is 1.06. The maximum absolute atomic E-state index is 13.1. The highest BCUT2D eigenvalue weighted by Gasteiger charge is 2.58. The number of fused-ring (bicyclic) bond motifs is 1. The minimum atomic E-state index is -1.95. The number of hydrogen-bond donors (Lipinski definition) is 8. The third kappa shape index (κ3) is 13.4. The molecule has 4 saturated heterocycles. The Kier molecular flexibility index (Phi) is 20.6. The van der Waals surface area contributed by atoms with Crippen molar-refractivity contribution in [3.05, 3.63) is 37.2 Å². The Morgan fingerprint density at radius 1 is 0.866 bits per heavy atom. The van der Waals surface area contributed by atoms with Crippen LogP contribution in [0.3, 0.4) is 0 Å². The largest absolute Gasteiger partial charge is 0.481 e. The molecule has 0 bridgehead atoms. The van der Waals surface area contributed by atoms with Crippen molar-refractivity contribution in [2.75, 3.05) is 46.6 Å². The summed E-state index contributed by atoms with van der Waals surface area (Å²) in [6.45, 7) is 7.21. The first kappa shape index (κ1) is 53.5. The summed E-state index contributed by atoms with van der Waals surface area (Å²) in [6.07, 6.45) is -10.9. The number of amides is 3. The molecule has 376 valence electrons. The van der Waals surface area contributed by atoms with Crippen LogP contribution in [0.15, 0.2) is 31.5 Å². The van der Waals surface area contributed by atoms with Gasteiger partial charge in [0, 0.05) is 19.5 Å². The summed E-state index contributed by atoms with van der Waals surface area (Å²) >= 11 is 0. The number of aliphatic hydroxyl groups excluding tert-OH is 3. The van der Waals surface area contributed by atoms with Gasteiger partial charge in [-0.3, -0.25) is 24.1 Å². The fraction of sp³-hybridized carbons (Fsp3) is 0.718. The normalized spacial score (nSPS) is 31.8. The second-order valence-electron chi connectivity index (χ2n) is 15.8. The summed E-state index contributed by atoms with van der Waals surface area (Å²) in [7, 11) is 1.37. The van der Waals surface area contributed by atoms with Crippen LogP contribution in [0.5, 0.6) is 0 Å². The molecule has 0 radical (unpaired) electrons. The molecule has 0 spiro atoms. The summed E-state index contributed by atoms with van der Waals surface area (Å²) in [4.78, 5) is 74.6. The lowest BCUT2D eigenvalue weighted by Gasteiger charge is -2.46. The number of aliphatic hydroxyl groups is 3. The van der Waals surface area contributed by atoms with Gasteiger partial charge in [0.1, 0.15) is 48.9 Å². The molecule has 4 unspecified atom stereocenters. The van der Waals surface area contributed by atoms with Crippen LogP contribution < -0.4 is 5.32 Å². The van der Waals surface area contributed by atoms with E-state index >= 15 is 0 Å². The zero-order chi connectivity index (χ0) is 48.8. The fourth-order valence-corrected chi connectivity index (χ4v) is 8.27. The Morgan fingerprint density at radius 3 is 2.21 bits per heavy atom. The second-order valence-corrected chi connectivity index (χ2v) is 15.8. The predicted molar refractivity (Wildman–Crippen MR) is 215 cm³/mol. The summed E-state index contributed by atoms with van der Waals surface area (Å²) in [5.41, 5.74) is 0.409. The number of unbranched alkanes of at least 4 members (excludes halogenated alkanes) is 2. The minimum Gasteiger partial charge on any atom is -0.481 e. The molecule has 4 fully saturated rings. The number of carbonyl (C=O) groups excluding carboxylic acids is 3. The monoisotopic (exact) mass is 962 g/mol. The van der Waals surface area contributed by atoms with E-state index in [0.29, 0.717) is 25.0 Å². The van der Waals surface area contributed by atoms with Crippen LogP contribution in [-0.2, 0) is 85.3 Å². The Bertz CT molecular complexity index is 1790. The number of carboxylic acids is 2. The van der Waals surface area contributed by atoms with Crippen molar-refractivity contribution in [1.82, 2.24) is 30.1 Å². The zero-order valence-corrected chi connectivity index (χ0v) is 36.4. The summed E-state index contributed by atoms with van der Waals surface area (Å²) in [5.74, 6) is -5.07. The molecular formula is C39H58N6O22. The number of rotatable bonds is 29. The first-order valence-electron chi connectivity index (χ1n) is 21.3. The van der Waals surface area contributed by atoms with Crippen LogP contribution >= 0.6 is 0 Å². The number of carbonyl (C=O) groups is 5. The van der Waals surface area contributed by atoms with E-state index < -0.39 is 110 Å². The number of aromatic nitrogens is 3. The Hall–Kier alpha value is -4.47. The quantitative estimate of drug-likeness (QED) is 0.0132. The van der Waals surface area contributed by atoms with E-state index in [-0.39, 0.29) is 70.7 Å². The Morgan fingerprint density at radius 2 is 1.58 bits per heavy atom. The third-order valence-corrected chi connectivity index (χ3v) is 11.6. The van der Waals surface area contributed by atoms with Crippen LogP contribution in [0.1, 0.15) is 37.8 Å². The first-order chi connectivity index (χ1) is 32.2. The number of aliphatic carboxylic acids is 2. The fourth-order valence-electron chi connectivity index (χ4n) is 8.27. The summed E-state index contributed by atoms with van der Waals surface area (Å²) in [5, 5.41) is 87.2. The van der Waals surface area contributed by atoms with E-state index in [1.165, 1.54) is 33.7 Å². The molecular weight excluding hydrogens is 904 g/mol. The molecule has 0 saturated carbocycles. The van der Waals surface area contributed by atoms with Gasteiger partial charge in [-0.05, 0) is 26.3 Å². The lowest BCUT2D eigenvalue weighted by atomic mass is 9.89. The molecule has 67 heavy (non-hydrogen) atoms. The van der Waals surface area contributed by atoms with Crippen LogP contribution in [0.25, 0.3) is 0 Å². The van der Waals surface area contributed by atoms with E-state index in [0.717, 1.165) is 0 Å². The van der Waals surface area contributed by atoms with Crippen molar-refractivity contribution in [3.63, 3.8) is 0 Å². The van der Waals surface area contributed by atoms with Gasteiger partial charge in [0.15, 0.2) is 18.7 Å². The van der Waals surface area contributed by atoms with Gasteiger partial charge in [-0.25, -0.2) is 24.9 Å². The van der Waals surface area contributed by atoms with Crippen molar-refractivity contribution in [1.29, 1.82) is 0 Å². The number of ether oxygens (including phenoxy) is 6. The standard InChI is InChI=1S/C39H58N6O22/c1-4-21-26-27(22(5-2)61-21)36(53)45(35(26)52)12-8-6-7-11-43(24(46)9-10-25(47)48)17-20-18-44(42-41-20)13-14-58-15-16-59-39-31(51)30(50)33(34(64-39)37(54)55)63-38-28(40-3)32(65-67-57)29(49)23(62-38)19-60-66-56/h4-5,18,21-23,26-34,38-40,49-51,56-57H,1-2,6-17,19H2,3H3,(H,47,48)(H,54,55)/t21-,22+,23?,26+,27-,28?,29-,30-,31?,32-,33+,34?,38-,39-/m1/s1. The molecule has 3 amide bonds. The van der Waals surface area contributed by atoms with Crippen molar-refractivity contribution in [3.8, 4) is 0 Å². The van der Waals surface area contributed by atoms with Gasteiger partial charge >= 0.3 is 11.9 Å². The molecule has 28 heteroatoms. The summed E-state index contributed by atoms with van der Waals surface area (Å²) < 4.78 is 35.1. The molecule has 5 rings (SSSR count). The topological polar surface area (TPSA) is 368 Å². The number of hydrogen-bond acceptors (Lipinski definition) is 23. The van der Waals surface area contributed by atoms with Crippen molar-refractivity contribution >= 4 is 29.7 Å². The highest BCUT2D eigenvalue weighted by atomic mass is 17.5. The average Bonchev–Trinajstić information content (AvgIpc) is 3.99. The molecule has 0 aromatic carbocycles. The number of nitrogens with zero attached hydrogens (tertiary/aromatic N) is 5. The molecule has 8 N–H and O–H groups in total. The van der Waals surface area contributed by atoms with Crippen molar-refractivity contribution in [2.24, 2.45) is 11.8 Å². The molecule has 28 nitrogen and oxygen atoms in total. The molecule has 1 aromatic heterocycles. The highest BCUT2D eigenvalue weighted by Crippen LogP contribution is 2.41. The van der Waals surface area contributed by atoms with Crippen LogP contribution in [0.4, 0.5) is 0 Å². The van der Waals surface area contributed by atoms with Gasteiger partial charge in [-0.1, -0.05) is 27.4 Å². The molecule has 4 aliphatic heterocycles. The lowest BCUT2D eigenvalue weighted by molar-refractivity contribution is -0.527. The van der Waals surface area contributed by atoms with Gasteiger partial charge in [0.25, 0.3) is 0 Å². The number of likely N-dealkylation sites (N-methyl/N-ethyl adjacent to an activating group) is 1. The van der Waals surface area contributed by atoms with Crippen LogP contribution in [-0.4, -0.2) is 211 Å². The number of likely N-dealkylation sites (tertiary alicyclic amines) is 1. The van der Waals surface area contributed by atoms with Gasteiger partial charge in [-0.2, -0.15) is 4.89 Å². The maximum atomic E-state index is 13.1. The van der Waals surface area contributed by atoms with E-state index in [1.807, 2.05) is 0 Å². The highest BCUT2D eigenvalue weighted by molar-refractivity contribution is 6.06. The minimum absolute atomic E-state index is 0.0281. The second kappa shape index (κ2) is 25.8. The molecule has 4 aliphatic rings. The van der Waals surface area contributed by atoms with E-state index in [9.17, 15) is 44.4 Å². The number of nitrogens with one attached hydrogen (secondary N) is 1. The Labute approximate surface area is 382 Å². The van der Waals surface area contributed by atoms with Gasteiger partial charge in [0.05, 0.1) is 75.6 Å². The van der Waals surface area contributed by atoms with Crippen LogP contribution in [0, 0.1) is 11.8 Å². The van der Waals surface area contributed by atoms with Gasteiger partial charge < -0.3 is 64.2 Å². The first-order valence-corrected chi connectivity index (χ1v) is 21.3. The van der Waals surface area contributed by atoms with E-state index in [1.54, 1.807) is 6.20 Å². The van der Waals surface area contributed by atoms with E-state index in [2.05, 4.69) is 43.8 Å². The molecule has 5 heterocycles. The zero-order valence-electron chi connectivity index (χ0n) is 36.4.